The third kappa shape index (κ3) is 3.61. The summed E-state index contributed by atoms with van der Waals surface area (Å²) in [6.45, 7) is 0.287. The van der Waals surface area contributed by atoms with Crippen molar-refractivity contribution in [2.24, 2.45) is 0 Å². The lowest BCUT2D eigenvalue weighted by Gasteiger charge is -2.32. The molecule has 3 heterocycles. The summed E-state index contributed by atoms with van der Waals surface area (Å²) in [4.78, 5) is 20.3. The fourth-order valence-corrected chi connectivity index (χ4v) is 4.33. The van der Waals surface area contributed by atoms with Crippen molar-refractivity contribution in [2.75, 3.05) is 0 Å². The molecule has 0 saturated heterocycles. The van der Waals surface area contributed by atoms with Crippen LogP contribution in [0.4, 0.5) is 0 Å². The summed E-state index contributed by atoms with van der Waals surface area (Å²) in [5.41, 5.74) is 0. The van der Waals surface area contributed by atoms with Crippen molar-refractivity contribution in [1.29, 1.82) is 0 Å². The molecule has 0 unspecified atom stereocenters. The van der Waals surface area contributed by atoms with Gasteiger partial charge in [0.15, 0.2) is 0 Å². The Hall–Kier alpha value is -1.93. The molecular weight excluding hydrogens is 418 g/mol. The Morgan fingerprint density at radius 2 is 2.15 bits per heavy atom. The van der Waals surface area contributed by atoms with Crippen LogP contribution in [-0.4, -0.2) is 27.0 Å². The number of thiophene rings is 1. The highest BCUT2D eigenvalue weighted by Crippen LogP contribution is 2.28. The number of rotatable bonds is 5. The Balaban J connectivity index is 1.58. The standard InChI is InChI=1S/C18H18BrN3O3S/c19-13-8-9-24-16(13)18(23)22(12-5-2-1-3-6-12)11-15-20-17(21-25-15)14-7-4-10-26-14/h4,7-10,12H,1-3,5-6,11H2. The van der Waals surface area contributed by atoms with Gasteiger partial charge in [-0.2, -0.15) is 4.98 Å². The topological polar surface area (TPSA) is 72.4 Å². The van der Waals surface area contributed by atoms with Crippen molar-refractivity contribution in [3.05, 3.63) is 46.0 Å². The highest BCUT2D eigenvalue weighted by atomic mass is 79.9. The first-order valence-electron chi connectivity index (χ1n) is 8.63. The minimum Gasteiger partial charge on any atom is -0.458 e. The molecule has 8 heteroatoms. The molecule has 0 atom stereocenters. The first-order chi connectivity index (χ1) is 12.7. The lowest BCUT2D eigenvalue weighted by molar-refractivity contribution is 0.0552. The summed E-state index contributed by atoms with van der Waals surface area (Å²) < 4.78 is 11.5. The third-order valence-electron chi connectivity index (χ3n) is 4.60. The molecule has 0 spiro atoms. The molecule has 136 valence electrons. The van der Waals surface area contributed by atoms with Crippen molar-refractivity contribution in [3.8, 4) is 10.7 Å². The normalized spacial score (nSPS) is 15.3. The maximum absolute atomic E-state index is 13.1. The van der Waals surface area contributed by atoms with E-state index in [9.17, 15) is 4.79 Å². The molecule has 0 aromatic carbocycles. The molecule has 1 saturated carbocycles. The van der Waals surface area contributed by atoms with E-state index in [0.717, 1.165) is 30.6 Å². The summed E-state index contributed by atoms with van der Waals surface area (Å²) in [5, 5.41) is 6.02. The molecule has 1 aliphatic carbocycles. The Bertz CT molecular complexity index is 868. The van der Waals surface area contributed by atoms with Gasteiger partial charge in [-0.3, -0.25) is 4.79 Å². The van der Waals surface area contributed by atoms with Gasteiger partial charge < -0.3 is 13.8 Å². The van der Waals surface area contributed by atoms with Crippen LogP contribution in [0.5, 0.6) is 0 Å². The summed E-state index contributed by atoms with van der Waals surface area (Å²) in [7, 11) is 0. The summed E-state index contributed by atoms with van der Waals surface area (Å²) in [6.07, 6.45) is 6.94. The van der Waals surface area contributed by atoms with E-state index in [2.05, 4.69) is 26.1 Å². The van der Waals surface area contributed by atoms with E-state index < -0.39 is 0 Å². The van der Waals surface area contributed by atoms with E-state index in [4.69, 9.17) is 8.94 Å². The van der Waals surface area contributed by atoms with E-state index in [1.165, 1.54) is 12.7 Å². The summed E-state index contributed by atoms with van der Waals surface area (Å²) >= 11 is 4.94. The second-order valence-electron chi connectivity index (χ2n) is 6.31. The molecule has 3 aromatic rings. The lowest BCUT2D eigenvalue weighted by atomic mass is 9.94. The second kappa shape index (κ2) is 7.75. The van der Waals surface area contributed by atoms with Gasteiger partial charge in [0.05, 0.1) is 15.6 Å². The smallest absolute Gasteiger partial charge is 0.291 e. The van der Waals surface area contributed by atoms with Gasteiger partial charge in [-0.05, 0) is 46.3 Å². The van der Waals surface area contributed by atoms with E-state index in [0.29, 0.717) is 21.9 Å². The molecular formula is C18H18BrN3O3S. The number of aromatic nitrogens is 2. The number of amides is 1. The van der Waals surface area contributed by atoms with E-state index in [1.807, 2.05) is 22.4 Å². The molecule has 1 fully saturated rings. The number of nitrogens with zero attached hydrogens (tertiary/aromatic N) is 3. The molecule has 0 radical (unpaired) electrons. The molecule has 3 aromatic heterocycles. The molecule has 1 aliphatic rings. The fraction of sp³-hybridized carbons (Fsp3) is 0.389. The van der Waals surface area contributed by atoms with Crippen LogP contribution in [0.25, 0.3) is 10.7 Å². The Morgan fingerprint density at radius 3 is 2.85 bits per heavy atom. The van der Waals surface area contributed by atoms with E-state index >= 15 is 0 Å². The van der Waals surface area contributed by atoms with Crippen LogP contribution in [0.3, 0.4) is 0 Å². The van der Waals surface area contributed by atoms with Gasteiger partial charge in [-0.1, -0.05) is 30.5 Å². The van der Waals surface area contributed by atoms with Crippen molar-refractivity contribution in [2.45, 2.75) is 44.7 Å². The number of halogens is 1. The van der Waals surface area contributed by atoms with Gasteiger partial charge >= 0.3 is 0 Å². The molecule has 4 rings (SSSR count). The number of hydrogen-bond acceptors (Lipinski definition) is 6. The Labute approximate surface area is 163 Å². The number of hydrogen-bond donors (Lipinski definition) is 0. The quantitative estimate of drug-likeness (QED) is 0.555. The maximum atomic E-state index is 13.1. The lowest BCUT2D eigenvalue weighted by Crippen LogP contribution is -2.41. The monoisotopic (exact) mass is 435 g/mol. The van der Waals surface area contributed by atoms with Crippen LogP contribution in [0.15, 0.2) is 43.3 Å². The average molecular weight is 436 g/mol. The number of furan rings is 1. The van der Waals surface area contributed by atoms with Crippen LogP contribution in [0, 0.1) is 0 Å². The molecule has 0 N–H and O–H groups in total. The Morgan fingerprint density at radius 1 is 1.31 bits per heavy atom. The molecule has 26 heavy (non-hydrogen) atoms. The van der Waals surface area contributed by atoms with Gasteiger partial charge in [0.25, 0.3) is 5.91 Å². The van der Waals surface area contributed by atoms with Crippen LogP contribution in [0.1, 0.15) is 48.5 Å². The van der Waals surface area contributed by atoms with Crippen LogP contribution < -0.4 is 0 Å². The highest BCUT2D eigenvalue weighted by molar-refractivity contribution is 9.10. The zero-order valence-corrected chi connectivity index (χ0v) is 16.5. The third-order valence-corrected chi connectivity index (χ3v) is 6.09. The summed E-state index contributed by atoms with van der Waals surface area (Å²) in [6, 6.07) is 5.78. The van der Waals surface area contributed by atoms with Crippen molar-refractivity contribution >= 4 is 33.2 Å². The average Bonchev–Trinajstić information content (AvgIpc) is 3.41. The van der Waals surface area contributed by atoms with Gasteiger partial charge in [0.1, 0.15) is 6.54 Å². The number of carbonyl (C=O) groups excluding carboxylic acids is 1. The van der Waals surface area contributed by atoms with Crippen LogP contribution in [0.2, 0.25) is 0 Å². The molecule has 6 nitrogen and oxygen atoms in total. The van der Waals surface area contributed by atoms with Crippen LogP contribution >= 0.6 is 27.3 Å². The minimum absolute atomic E-state index is 0.148. The first kappa shape index (κ1) is 17.5. The predicted molar refractivity (Wildman–Crippen MR) is 101 cm³/mol. The molecule has 1 amide bonds. The van der Waals surface area contributed by atoms with Gasteiger partial charge in [-0.15, -0.1) is 11.3 Å². The van der Waals surface area contributed by atoms with E-state index in [1.54, 1.807) is 17.4 Å². The van der Waals surface area contributed by atoms with Crippen molar-refractivity contribution in [3.63, 3.8) is 0 Å². The Kier molecular flexibility index (Phi) is 5.21. The summed E-state index contributed by atoms with van der Waals surface area (Å²) in [5.74, 6) is 1.17. The highest BCUT2D eigenvalue weighted by Gasteiger charge is 2.30. The minimum atomic E-state index is -0.148. The zero-order valence-electron chi connectivity index (χ0n) is 14.1. The fourth-order valence-electron chi connectivity index (χ4n) is 3.31. The predicted octanol–water partition coefficient (Wildman–Crippen LogP) is 5.13. The second-order valence-corrected chi connectivity index (χ2v) is 8.11. The van der Waals surface area contributed by atoms with E-state index in [-0.39, 0.29) is 18.5 Å². The van der Waals surface area contributed by atoms with Gasteiger partial charge in [0.2, 0.25) is 17.5 Å². The van der Waals surface area contributed by atoms with Crippen molar-refractivity contribution < 1.29 is 13.7 Å². The first-order valence-corrected chi connectivity index (χ1v) is 10.3. The van der Waals surface area contributed by atoms with Crippen molar-refractivity contribution in [1.82, 2.24) is 15.0 Å². The molecule has 0 aliphatic heterocycles. The van der Waals surface area contributed by atoms with Crippen LogP contribution in [-0.2, 0) is 6.54 Å². The van der Waals surface area contributed by atoms with Gasteiger partial charge in [0, 0.05) is 6.04 Å². The number of carbonyl (C=O) groups is 1. The maximum Gasteiger partial charge on any atom is 0.291 e. The zero-order chi connectivity index (χ0) is 17.9. The SMILES string of the molecule is O=C(c1occc1Br)N(Cc1nc(-c2cccs2)no1)C1CCCCC1. The molecule has 0 bridgehead atoms. The van der Waals surface area contributed by atoms with Gasteiger partial charge in [-0.25, -0.2) is 0 Å². The largest absolute Gasteiger partial charge is 0.458 e.